The third-order valence-electron chi connectivity index (χ3n) is 3.53. The van der Waals surface area contributed by atoms with E-state index in [4.69, 9.17) is 5.73 Å². The Labute approximate surface area is 172 Å². The largest absolute Gasteiger partial charge is 1.00 e. The fraction of sp³-hybridized carbons (Fsp3) is 0.222. The van der Waals surface area contributed by atoms with E-state index < -0.39 is 17.9 Å². The van der Waals surface area contributed by atoms with Gasteiger partial charge in [-0.2, -0.15) is 0 Å². The van der Waals surface area contributed by atoms with Crippen molar-refractivity contribution in [2.24, 2.45) is 5.73 Å². The number of nitrogens with one attached hydrogen (secondary N) is 2. The van der Waals surface area contributed by atoms with Gasteiger partial charge in [-0.1, -0.05) is 18.2 Å². The molecule has 1 heterocycles. The van der Waals surface area contributed by atoms with Crippen molar-refractivity contribution in [2.75, 3.05) is 6.54 Å². The number of rotatable bonds is 7. The molecule has 0 aliphatic heterocycles. The number of carbonyl (C=O) groups excluding carboxylic acids is 3. The average molecular weight is 453 g/mol. The van der Waals surface area contributed by atoms with Crippen LogP contribution < -0.4 is 37.9 Å². The Kier molecular flexibility index (Phi) is 9.52. The number of nitrogens with zero attached hydrogens (tertiary/aromatic N) is 1. The predicted molar refractivity (Wildman–Crippen MR) is 98.5 cm³/mol. The van der Waals surface area contributed by atoms with Gasteiger partial charge in [-0.25, -0.2) is 4.57 Å². The van der Waals surface area contributed by atoms with Crippen LogP contribution in [0.4, 0.5) is 4.79 Å². The number of halogens is 1. The van der Waals surface area contributed by atoms with Crippen molar-refractivity contribution in [3.8, 4) is 0 Å². The lowest BCUT2D eigenvalue weighted by molar-refractivity contribution is -0.694. The highest BCUT2D eigenvalue weighted by molar-refractivity contribution is 8.13. The topological polar surface area (TPSA) is 105 Å². The molecule has 0 saturated carbocycles. The molecule has 1 aromatic heterocycles. The van der Waals surface area contributed by atoms with Gasteiger partial charge >= 0.3 is 0 Å². The molecule has 3 amide bonds. The molecule has 4 N–H and O–H groups in total. The Hall–Kier alpha value is -2.39. The number of hydrogen-bond acceptors (Lipinski definition) is 4. The van der Waals surface area contributed by atoms with E-state index in [1.165, 1.54) is 6.92 Å². The Bertz CT molecular complexity index is 789. The first-order chi connectivity index (χ1) is 12.5. The number of benzene rings is 1. The van der Waals surface area contributed by atoms with Crippen molar-refractivity contribution in [3.05, 3.63) is 60.4 Å². The second-order valence-corrected chi connectivity index (χ2v) is 6.54. The van der Waals surface area contributed by atoms with Gasteiger partial charge in [0.25, 0.3) is 11.1 Å². The third-order valence-corrected chi connectivity index (χ3v) is 4.43. The van der Waals surface area contributed by atoms with E-state index in [2.05, 4.69) is 10.6 Å². The van der Waals surface area contributed by atoms with Crippen molar-refractivity contribution < 1.29 is 35.9 Å². The quantitative estimate of drug-likeness (QED) is 0.336. The lowest BCUT2D eigenvalue weighted by Crippen LogP contribution is -3.00. The molecule has 9 heteroatoms. The predicted octanol–water partition coefficient (Wildman–Crippen LogP) is -1.92. The van der Waals surface area contributed by atoms with Crippen LogP contribution in [0.2, 0.25) is 0 Å². The number of nitrogens with two attached hydrogens (primary N) is 1. The Morgan fingerprint density at radius 2 is 1.78 bits per heavy atom. The number of pyridine rings is 1. The molecule has 0 saturated heterocycles. The summed E-state index contributed by atoms with van der Waals surface area (Å²) < 4.78 is 1.96. The third kappa shape index (κ3) is 7.40. The minimum atomic E-state index is -0.794. The number of hydrogen-bond donors (Lipinski definition) is 3. The van der Waals surface area contributed by atoms with E-state index in [0.29, 0.717) is 23.5 Å². The summed E-state index contributed by atoms with van der Waals surface area (Å²) in [4.78, 5) is 36.0. The fourth-order valence-electron chi connectivity index (χ4n) is 2.10. The van der Waals surface area contributed by atoms with Crippen LogP contribution in [0, 0.1) is 0 Å². The zero-order valence-electron chi connectivity index (χ0n) is 14.7. The molecule has 0 aliphatic rings. The monoisotopic (exact) mass is 452 g/mol. The maximum absolute atomic E-state index is 12.3. The second-order valence-electron chi connectivity index (χ2n) is 5.52. The van der Waals surface area contributed by atoms with Crippen molar-refractivity contribution in [1.29, 1.82) is 0 Å². The highest BCUT2D eigenvalue weighted by atomic mass is 79.9. The molecular formula is C18H21BrN4O3S. The highest BCUT2D eigenvalue weighted by Gasteiger charge is 2.18. The molecule has 0 spiro atoms. The summed E-state index contributed by atoms with van der Waals surface area (Å²) in [6.45, 7) is 2.61. The number of thioether (sulfide) groups is 1. The zero-order chi connectivity index (χ0) is 18.9. The minimum absolute atomic E-state index is 0. The van der Waals surface area contributed by atoms with Crippen molar-refractivity contribution in [3.63, 3.8) is 0 Å². The normalized spacial score (nSPS) is 11.0. The van der Waals surface area contributed by atoms with Gasteiger partial charge in [-0.3, -0.25) is 14.4 Å². The number of primary amides is 1. The summed E-state index contributed by atoms with van der Waals surface area (Å²) in [5, 5.41) is 5.05. The molecule has 1 aromatic carbocycles. The van der Waals surface area contributed by atoms with Gasteiger partial charge in [0.15, 0.2) is 18.9 Å². The number of carbonyl (C=O) groups is 3. The molecule has 0 aliphatic carbocycles. The summed E-state index contributed by atoms with van der Waals surface area (Å²) in [7, 11) is 0. The molecule has 0 radical (unpaired) electrons. The SMILES string of the molecule is C[C@@H](NC(=O)c1ccccc1SC(=O)NCC[n+]1ccccc1)C(N)=O.[Br-]. The van der Waals surface area contributed by atoms with Crippen molar-refractivity contribution >= 4 is 28.8 Å². The number of amides is 3. The van der Waals surface area contributed by atoms with Gasteiger partial charge in [0.2, 0.25) is 5.91 Å². The van der Waals surface area contributed by atoms with E-state index in [0.717, 1.165) is 11.8 Å². The van der Waals surface area contributed by atoms with E-state index >= 15 is 0 Å². The summed E-state index contributed by atoms with van der Waals surface area (Å²) in [5.74, 6) is -1.08. The van der Waals surface area contributed by atoms with Gasteiger partial charge in [-0.05, 0) is 30.8 Å². The van der Waals surface area contributed by atoms with E-state index in [1.54, 1.807) is 24.3 Å². The van der Waals surface area contributed by atoms with Crippen LogP contribution in [0.15, 0.2) is 59.8 Å². The molecule has 1 atom stereocenters. The lowest BCUT2D eigenvalue weighted by Gasteiger charge is -2.12. The van der Waals surface area contributed by atoms with Gasteiger partial charge in [0.1, 0.15) is 6.04 Å². The molecule has 0 fully saturated rings. The molecule has 144 valence electrons. The van der Waals surface area contributed by atoms with Crippen LogP contribution >= 0.6 is 11.8 Å². The van der Waals surface area contributed by atoms with E-state index in [9.17, 15) is 14.4 Å². The molecule has 0 unspecified atom stereocenters. The van der Waals surface area contributed by atoms with Crippen LogP contribution in [0.5, 0.6) is 0 Å². The summed E-state index contributed by atoms with van der Waals surface area (Å²) in [6.07, 6.45) is 3.83. The van der Waals surface area contributed by atoms with Gasteiger partial charge < -0.3 is 33.3 Å². The summed E-state index contributed by atoms with van der Waals surface area (Å²) in [6, 6.07) is 11.7. The highest BCUT2D eigenvalue weighted by Crippen LogP contribution is 2.23. The molecule has 2 aromatic rings. The van der Waals surface area contributed by atoms with Crippen LogP contribution in [-0.4, -0.2) is 29.6 Å². The Morgan fingerprint density at radius 1 is 1.11 bits per heavy atom. The fourth-order valence-corrected chi connectivity index (χ4v) is 2.89. The summed E-state index contributed by atoms with van der Waals surface area (Å²) >= 11 is 0.933. The van der Waals surface area contributed by atoms with Gasteiger partial charge in [0.05, 0.1) is 12.1 Å². The first kappa shape index (κ1) is 22.7. The number of aromatic nitrogens is 1. The first-order valence-corrected chi connectivity index (χ1v) is 8.88. The van der Waals surface area contributed by atoms with Crippen molar-refractivity contribution in [2.45, 2.75) is 24.4 Å². The lowest BCUT2D eigenvalue weighted by atomic mass is 10.2. The zero-order valence-corrected chi connectivity index (χ0v) is 17.1. The van der Waals surface area contributed by atoms with E-state index in [-0.39, 0.29) is 22.2 Å². The molecule has 27 heavy (non-hydrogen) atoms. The minimum Gasteiger partial charge on any atom is -1.00 e. The average Bonchev–Trinajstić information content (AvgIpc) is 2.62. The second kappa shape index (κ2) is 11.3. The Balaban J connectivity index is 0.00000364. The van der Waals surface area contributed by atoms with E-state index in [1.807, 2.05) is 35.2 Å². The van der Waals surface area contributed by atoms with Crippen LogP contribution in [0.25, 0.3) is 0 Å². The summed E-state index contributed by atoms with van der Waals surface area (Å²) in [5.41, 5.74) is 5.48. The smallest absolute Gasteiger partial charge is 0.284 e. The maximum Gasteiger partial charge on any atom is 0.284 e. The van der Waals surface area contributed by atoms with Crippen LogP contribution in [-0.2, 0) is 11.3 Å². The van der Waals surface area contributed by atoms with Gasteiger partial charge in [0, 0.05) is 17.0 Å². The Morgan fingerprint density at radius 3 is 2.44 bits per heavy atom. The maximum atomic E-state index is 12.3. The van der Waals surface area contributed by atoms with Crippen LogP contribution in [0.3, 0.4) is 0 Å². The molecule has 0 bridgehead atoms. The van der Waals surface area contributed by atoms with Crippen LogP contribution in [0.1, 0.15) is 17.3 Å². The molecular weight excluding hydrogens is 432 g/mol. The standard InChI is InChI=1S/C18H20N4O3S.BrH/c1-13(16(19)23)21-17(24)14-7-3-4-8-15(14)26-18(25)20-9-12-22-10-5-2-6-11-22;/h2-8,10-11,13H,9,12H2,1H3,(H3-,19,20,21,23,24,25);1H/t13-;/m1./s1. The molecule has 2 rings (SSSR count). The van der Waals surface area contributed by atoms with Crippen molar-refractivity contribution in [1.82, 2.24) is 10.6 Å². The van der Waals surface area contributed by atoms with Gasteiger partial charge in [-0.15, -0.1) is 0 Å². The first-order valence-electron chi connectivity index (χ1n) is 8.06. The molecule has 7 nitrogen and oxygen atoms in total.